The summed E-state index contributed by atoms with van der Waals surface area (Å²) in [6, 6.07) is 10.2. The smallest absolute Gasteiger partial charge is 0.406 e. The first-order valence-corrected chi connectivity index (χ1v) is 7.96. The molecule has 0 N–H and O–H groups in total. The summed E-state index contributed by atoms with van der Waals surface area (Å²) in [5.74, 6) is -0.835. The molecule has 0 spiro atoms. The summed E-state index contributed by atoms with van der Waals surface area (Å²) in [5, 5.41) is 6.09. The van der Waals surface area contributed by atoms with Crippen molar-refractivity contribution in [3.63, 3.8) is 0 Å². The molecule has 4 nitrogen and oxygen atoms in total. The van der Waals surface area contributed by atoms with Gasteiger partial charge in [-0.3, -0.25) is 4.79 Å². The minimum absolute atomic E-state index is 0.200. The molecule has 0 saturated heterocycles. The minimum atomic E-state index is -4.77. The Balaban J connectivity index is 1.71. The van der Waals surface area contributed by atoms with Crippen LogP contribution < -0.4 is 4.74 Å². The van der Waals surface area contributed by atoms with E-state index in [-0.39, 0.29) is 11.3 Å². The maximum absolute atomic E-state index is 12.3. The molecule has 0 saturated carbocycles. The first kappa shape index (κ1) is 17.0. The first-order chi connectivity index (χ1) is 11.9. The number of benzene rings is 1. The lowest BCUT2D eigenvalue weighted by Crippen LogP contribution is -2.17. The van der Waals surface area contributed by atoms with Crippen LogP contribution in [0, 0.1) is 0 Å². The second kappa shape index (κ2) is 6.94. The molecule has 8 heteroatoms. The number of thiophene rings is 1. The van der Waals surface area contributed by atoms with Crippen molar-refractivity contribution in [1.29, 1.82) is 0 Å². The van der Waals surface area contributed by atoms with Crippen molar-refractivity contribution in [3.8, 4) is 5.75 Å². The van der Waals surface area contributed by atoms with E-state index in [1.165, 1.54) is 18.3 Å². The van der Waals surface area contributed by atoms with Gasteiger partial charge in [-0.2, -0.15) is 5.10 Å². The van der Waals surface area contributed by atoms with Gasteiger partial charge in [-0.25, -0.2) is 4.68 Å². The molecule has 3 aromatic rings. The van der Waals surface area contributed by atoms with Crippen LogP contribution in [0.4, 0.5) is 13.2 Å². The number of aromatic nitrogens is 2. The van der Waals surface area contributed by atoms with Gasteiger partial charge in [0.2, 0.25) is 0 Å². The van der Waals surface area contributed by atoms with Gasteiger partial charge in [-0.1, -0.05) is 6.07 Å². The highest BCUT2D eigenvalue weighted by Gasteiger charge is 2.31. The molecule has 25 heavy (non-hydrogen) atoms. The number of hydrogen-bond donors (Lipinski definition) is 0. The molecule has 0 fully saturated rings. The fourth-order valence-electron chi connectivity index (χ4n) is 2.03. The van der Waals surface area contributed by atoms with E-state index in [1.807, 2.05) is 23.6 Å². The lowest BCUT2D eigenvalue weighted by Gasteiger charge is -2.08. The quantitative estimate of drug-likeness (QED) is 0.674. The zero-order valence-electron chi connectivity index (χ0n) is 12.6. The number of hydrogen-bond acceptors (Lipinski definition) is 4. The Bertz CT molecular complexity index is 882. The minimum Gasteiger partial charge on any atom is -0.406 e. The van der Waals surface area contributed by atoms with Crippen LogP contribution in [0.2, 0.25) is 0 Å². The van der Waals surface area contributed by atoms with Gasteiger partial charge in [0.25, 0.3) is 5.91 Å². The molecule has 0 atom stereocenters. The third-order valence-corrected chi connectivity index (χ3v) is 3.95. The SMILES string of the molecule is O=C(c1ccc(OC(F)(F)F)cc1)n1ccc(/C=C/c2cccs2)n1. The summed E-state index contributed by atoms with van der Waals surface area (Å²) in [6.07, 6.45) is 0.384. The molecule has 0 aliphatic carbocycles. The fraction of sp³-hybridized carbons (Fsp3) is 0.0588. The van der Waals surface area contributed by atoms with Crippen LogP contribution >= 0.6 is 11.3 Å². The van der Waals surface area contributed by atoms with E-state index in [2.05, 4.69) is 9.84 Å². The van der Waals surface area contributed by atoms with Crippen LogP contribution in [-0.2, 0) is 0 Å². The van der Waals surface area contributed by atoms with Crippen LogP contribution in [0.15, 0.2) is 54.0 Å². The van der Waals surface area contributed by atoms with Crippen LogP contribution in [0.25, 0.3) is 12.2 Å². The number of carbonyl (C=O) groups excluding carboxylic acids is 1. The molecule has 0 bridgehead atoms. The van der Waals surface area contributed by atoms with E-state index in [0.29, 0.717) is 5.69 Å². The van der Waals surface area contributed by atoms with Crippen molar-refractivity contribution < 1.29 is 22.7 Å². The predicted octanol–water partition coefficient (Wildman–Crippen LogP) is 4.70. The molecular weight excluding hydrogens is 353 g/mol. The van der Waals surface area contributed by atoms with Crippen LogP contribution in [0.3, 0.4) is 0 Å². The van der Waals surface area contributed by atoms with Gasteiger partial charge in [0.15, 0.2) is 0 Å². The molecule has 0 amide bonds. The number of halogens is 3. The summed E-state index contributed by atoms with van der Waals surface area (Å²) in [5.41, 5.74) is 0.796. The number of nitrogens with zero attached hydrogens (tertiary/aromatic N) is 2. The predicted molar refractivity (Wildman–Crippen MR) is 88.3 cm³/mol. The Morgan fingerprint density at radius 2 is 1.88 bits per heavy atom. The van der Waals surface area contributed by atoms with Crippen molar-refractivity contribution in [2.45, 2.75) is 6.36 Å². The Hall–Kier alpha value is -2.87. The van der Waals surface area contributed by atoms with Crippen molar-refractivity contribution in [3.05, 3.63) is 70.2 Å². The average Bonchev–Trinajstić information content (AvgIpc) is 3.23. The fourth-order valence-corrected chi connectivity index (χ4v) is 2.64. The third-order valence-electron chi connectivity index (χ3n) is 3.11. The highest BCUT2D eigenvalue weighted by Crippen LogP contribution is 2.23. The van der Waals surface area contributed by atoms with E-state index >= 15 is 0 Å². The molecule has 3 rings (SSSR count). The Morgan fingerprint density at radius 1 is 1.12 bits per heavy atom. The molecule has 0 aliphatic rings. The summed E-state index contributed by atoms with van der Waals surface area (Å²) < 4.78 is 41.3. The van der Waals surface area contributed by atoms with Gasteiger partial charge in [-0.15, -0.1) is 24.5 Å². The second-order valence-electron chi connectivity index (χ2n) is 4.91. The van der Waals surface area contributed by atoms with Gasteiger partial charge >= 0.3 is 6.36 Å². The molecular formula is C17H11F3N2O2S. The highest BCUT2D eigenvalue weighted by atomic mass is 32.1. The van der Waals surface area contributed by atoms with Gasteiger partial charge in [0, 0.05) is 16.6 Å². The van der Waals surface area contributed by atoms with Gasteiger partial charge in [0.1, 0.15) is 5.75 Å². The maximum atomic E-state index is 12.3. The van der Waals surface area contributed by atoms with Gasteiger partial charge < -0.3 is 4.74 Å². The van der Waals surface area contributed by atoms with Crippen LogP contribution in [0.5, 0.6) is 5.75 Å². The highest BCUT2D eigenvalue weighted by molar-refractivity contribution is 7.10. The van der Waals surface area contributed by atoms with Crippen molar-refractivity contribution in [2.24, 2.45) is 0 Å². The molecule has 2 aromatic heterocycles. The topological polar surface area (TPSA) is 44.1 Å². The van der Waals surface area contributed by atoms with Gasteiger partial charge in [-0.05, 0) is 53.9 Å². The van der Waals surface area contributed by atoms with Crippen molar-refractivity contribution in [2.75, 3.05) is 0 Å². The molecule has 128 valence electrons. The van der Waals surface area contributed by atoms with E-state index < -0.39 is 12.3 Å². The molecule has 0 unspecified atom stereocenters. The third kappa shape index (κ3) is 4.57. The van der Waals surface area contributed by atoms with Gasteiger partial charge in [0.05, 0.1) is 5.69 Å². The maximum Gasteiger partial charge on any atom is 0.573 e. The van der Waals surface area contributed by atoms with Crippen LogP contribution in [0.1, 0.15) is 20.9 Å². The molecule has 0 radical (unpaired) electrons. The van der Waals surface area contributed by atoms with E-state index in [0.717, 1.165) is 21.7 Å². The van der Waals surface area contributed by atoms with E-state index in [1.54, 1.807) is 23.5 Å². The lowest BCUT2D eigenvalue weighted by molar-refractivity contribution is -0.274. The zero-order valence-corrected chi connectivity index (χ0v) is 13.4. The van der Waals surface area contributed by atoms with E-state index in [4.69, 9.17) is 0 Å². The number of ether oxygens (including phenoxy) is 1. The Labute approximate surface area is 144 Å². The van der Waals surface area contributed by atoms with Crippen molar-refractivity contribution in [1.82, 2.24) is 9.78 Å². The number of carbonyl (C=O) groups is 1. The summed E-state index contributed by atoms with van der Waals surface area (Å²) >= 11 is 1.58. The second-order valence-corrected chi connectivity index (χ2v) is 5.89. The average molecular weight is 364 g/mol. The monoisotopic (exact) mass is 364 g/mol. The van der Waals surface area contributed by atoms with Crippen LogP contribution in [-0.4, -0.2) is 22.1 Å². The standard InChI is InChI=1S/C17H11F3N2O2S/c18-17(19,20)24-14-6-3-12(4-7-14)16(23)22-10-9-13(21-22)5-8-15-2-1-11-25-15/h1-11H/b8-5+. The number of rotatable bonds is 4. The number of alkyl halides is 3. The lowest BCUT2D eigenvalue weighted by atomic mass is 10.2. The molecule has 1 aromatic carbocycles. The zero-order chi connectivity index (χ0) is 17.9. The summed E-state index contributed by atoms with van der Waals surface area (Å²) in [7, 11) is 0. The molecule has 0 aliphatic heterocycles. The Kier molecular flexibility index (Phi) is 4.71. The summed E-state index contributed by atoms with van der Waals surface area (Å²) in [4.78, 5) is 13.4. The first-order valence-electron chi connectivity index (χ1n) is 7.08. The van der Waals surface area contributed by atoms with E-state index in [9.17, 15) is 18.0 Å². The largest absolute Gasteiger partial charge is 0.573 e. The normalized spacial score (nSPS) is 11.8. The summed E-state index contributed by atoms with van der Waals surface area (Å²) in [6.45, 7) is 0. The molecule has 2 heterocycles. The Morgan fingerprint density at radius 3 is 2.52 bits per heavy atom. The van der Waals surface area contributed by atoms with Crippen molar-refractivity contribution >= 4 is 29.4 Å².